The third-order valence-electron chi connectivity index (χ3n) is 5.05. The van der Waals surface area contributed by atoms with Gasteiger partial charge in [-0.05, 0) is 42.3 Å². The Labute approximate surface area is 167 Å². The second-order valence-corrected chi connectivity index (χ2v) is 6.58. The highest BCUT2D eigenvalue weighted by Gasteiger charge is 2.51. The number of carbonyl (C=O) groups excluding carboxylic acids is 3. The number of Topliss-reactive ketones (excluding diaryl/α,β-unsaturated/α-hetero) is 1. The Morgan fingerprint density at radius 1 is 1.10 bits per heavy atom. The van der Waals surface area contributed by atoms with Gasteiger partial charge >= 0.3 is 6.03 Å². The fourth-order valence-corrected chi connectivity index (χ4v) is 3.40. The molecular weight excluding hydrogens is 379 g/mol. The van der Waals surface area contributed by atoms with Crippen LogP contribution >= 0.6 is 0 Å². The van der Waals surface area contributed by atoms with Crippen molar-refractivity contribution in [3.8, 4) is 11.5 Å². The molecule has 0 aromatic heterocycles. The third kappa shape index (κ3) is 3.53. The SMILES string of the molecule is CC[C@@]1(c2ccc(F)cc2)NC(=O)N(CC(=O)c2cc(OC)ccc2OC)C1=O. The van der Waals surface area contributed by atoms with E-state index >= 15 is 0 Å². The maximum absolute atomic E-state index is 13.3. The number of amides is 3. The van der Waals surface area contributed by atoms with Crippen LogP contribution in [0, 0.1) is 5.82 Å². The lowest BCUT2D eigenvalue weighted by Crippen LogP contribution is -2.43. The Morgan fingerprint density at radius 2 is 1.79 bits per heavy atom. The normalized spacial score (nSPS) is 18.6. The van der Waals surface area contributed by atoms with E-state index in [4.69, 9.17) is 9.47 Å². The van der Waals surface area contributed by atoms with Crippen molar-refractivity contribution in [1.29, 1.82) is 0 Å². The standard InChI is InChI=1S/C21H21FN2O5/c1-4-21(13-5-7-14(22)8-6-13)19(26)24(20(27)23-21)12-17(25)16-11-15(28-2)9-10-18(16)29-3/h5-11H,4,12H2,1-3H3,(H,23,27)/t21-/m0/s1. The van der Waals surface area contributed by atoms with Gasteiger partial charge in [-0.3, -0.25) is 14.5 Å². The molecule has 1 aliphatic heterocycles. The molecular formula is C21H21FN2O5. The number of ketones is 1. The van der Waals surface area contributed by atoms with Crippen LogP contribution in [0.5, 0.6) is 11.5 Å². The smallest absolute Gasteiger partial charge is 0.325 e. The maximum atomic E-state index is 13.3. The predicted molar refractivity (Wildman–Crippen MR) is 102 cm³/mol. The number of ether oxygens (including phenoxy) is 2. The van der Waals surface area contributed by atoms with Gasteiger partial charge in [0.25, 0.3) is 5.91 Å². The first kappa shape index (κ1) is 20.3. The molecule has 8 heteroatoms. The van der Waals surface area contributed by atoms with Gasteiger partial charge in [-0.1, -0.05) is 19.1 Å². The molecule has 3 rings (SSSR count). The monoisotopic (exact) mass is 400 g/mol. The van der Waals surface area contributed by atoms with Gasteiger partial charge in [-0.25, -0.2) is 9.18 Å². The number of imide groups is 1. The average Bonchev–Trinajstić information content (AvgIpc) is 2.98. The van der Waals surface area contributed by atoms with Crippen molar-refractivity contribution in [2.24, 2.45) is 0 Å². The van der Waals surface area contributed by atoms with Gasteiger partial charge < -0.3 is 14.8 Å². The molecule has 1 aliphatic rings. The average molecular weight is 400 g/mol. The van der Waals surface area contributed by atoms with E-state index in [2.05, 4.69) is 5.32 Å². The van der Waals surface area contributed by atoms with Crippen molar-refractivity contribution < 1.29 is 28.2 Å². The molecule has 2 aromatic rings. The summed E-state index contributed by atoms with van der Waals surface area (Å²) in [5.74, 6) is -0.736. The number of urea groups is 1. The van der Waals surface area contributed by atoms with E-state index in [-0.39, 0.29) is 12.0 Å². The van der Waals surface area contributed by atoms with E-state index < -0.39 is 35.6 Å². The molecule has 1 N–H and O–H groups in total. The quantitative estimate of drug-likeness (QED) is 0.571. The number of hydrogen-bond acceptors (Lipinski definition) is 5. The summed E-state index contributed by atoms with van der Waals surface area (Å²) in [5, 5.41) is 2.67. The molecule has 0 aliphatic carbocycles. The second kappa shape index (κ2) is 7.90. The van der Waals surface area contributed by atoms with Crippen LogP contribution < -0.4 is 14.8 Å². The molecule has 1 saturated heterocycles. The van der Waals surface area contributed by atoms with Crippen molar-refractivity contribution in [1.82, 2.24) is 10.2 Å². The van der Waals surface area contributed by atoms with Crippen LogP contribution in [0.4, 0.5) is 9.18 Å². The predicted octanol–water partition coefficient (Wildman–Crippen LogP) is 2.88. The molecule has 1 fully saturated rings. The van der Waals surface area contributed by atoms with Crippen molar-refractivity contribution >= 4 is 17.7 Å². The summed E-state index contributed by atoms with van der Waals surface area (Å²) in [5.41, 5.74) is -0.694. The van der Waals surface area contributed by atoms with Crippen molar-refractivity contribution in [3.05, 3.63) is 59.4 Å². The zero-order valence-corrected chi connectivity index (χ0v) is 16.3. The molecule has 1 atom stereocenters. The van der Waals surface area contributed by atoms with Gasteiger partial charge in [0.05, 0.1) is 26.3 Å². The van der Waals surface area contributed by atoms with Crippen LogP contribution in [-0.4, -0.2) is 43.4 Å². The zero-order valence-electron chi connectivity index (χ0n) is 16.3. The first-order valence-electron chi connectivity index (χ1n) is 9.01. The fraction of sp³-hybridized carbons (Fsp3) is 0.286. The molecule has 0 bridgehead atoms. The van der Waals surface area contributed by atoms with Crippen LogP contribution in [0.2, 0.25) is 0 Å². The van der Waals surface area contributed by atoms with Gasteiger partial charge in [-0.2, -0.15) is 0 Å². The Morgan fingerprint density at radius 3 is 2.38 bits per heavy atom. The molecule has 1 heterocycles. The largest absolute Gasteiger partial charge is 0.497 e. The molecule has 7 nitrogen and oxygen atoms in total. The minimum atomic E-state index is -1.34. The highest BCUT2D eigenvalue weighted by molar-refractivity contribution is 6.12. The molecule has 152 valence electrons. The lowest BCUT2D eigenvalue weighted by Gasteiger charge is -2.25. The molecule has 0 spiro atoms. The second-order valence-electron chi connectivity index (χ2n) is 6.58. The van der Waals surface area contributed by atoms with Gasteiger partial charge in [0.15, 0.2) is 5.78 Å². The molecule has 2 aromatic carbocycles. The third-order valence-corrected chi connectivity index (χ3v) is 5.05. The van der Waals surface area contributed by atoms with Gasteiger partial charge in [0, 0.05) is 0 Å². The number of benzene rings is 2. The van der Waals surface area contributed by atoms with E-state index in [1.54, 1.807) is 19.1 Å². The topological polar surface area (TPSA) is 84.9 Å². The number of carbonyl (C=O) groups is 3. The van der Waals surface area contributed by atoms with Crippen molar-refractivity contribution in [2.45, 2.75) is 18.9 Å². The minimum absolute atomic E-state index is 0.197. The van der Waals surface area contributed by atoms with E-state index in [0.29, 0.717) is 17.1 Å². The van der Waals surface area contributed by atoms with Crippen LogP contribution in [0.25, 0.3) is 0 Å². The molecule has 0 unspecified atom stereocenters. The number of halogens is 1. The van der Waals surface area contributed by atoms with Crippen LogP contribution in [0.15, 0.2) is 42.5 Å². The maximum Gasteiger partial charge on any atom is 0.325 e. The number of nitrogens with zero attached hydrogens (tertiary/aromatic N) is 1. The minimum Gasteiger partial charge on any atom is -0.497 e. The number of methoxy groups -OCH3 is 2. The van der Waals surface area contributed by atoms with Gasteiger partial charge in [-0.15, -0.1) is 0 Å². The van der Waals surface area contributed by atoms with Crippen LogP contribution in [-0.2, 0) is 10.3 Å². The van der Waals surface area contributed by atoms with Crippen LogP contribution in [0.3, 0.4) is 0 Å². The van der Waals surface area contributed by atoms with E-state index in [1.807, 2.05) is 0 Å². The molecule has 3 amide bonds. The summed E-state index contributed by atoms with van der Waals surface area (Å²) in [6.07, 6.45) is 0.246. The fourth-order valence-electron chi connectivity index (χ4n) is 3.40. The summed E-state index contributed by atoms with van der Waals surface area (Å²) in [4.78, 5) is 39.4. The van der Waals surface area contributed by atoms with Crippen molar-refractivity contribution in [3.63, 3.8) is 0 Å². The van der Waals surface area contributed by atoms with Gasteiger partial charge in [0.1, 0.15) is 22.9 Å². The Hall–Kier alpha value is -3.42. The highest BCUT2D eigenvalue weighted by atomic mass is 19.1. The number of nitrogens with one attached hydrogen (secondary N) is 1. The number of rotatable bonds is 7. The molecule has 0 saturated carbocycles. The Balaban J connectivity index is 1.90. The van der Waals surface area contributed by atoms with E-state index in [9.17, 15) is 18.8 Å². The molecule has 0 radical (unpaired) electrons. The zero-order chi connectivity index (χ0) is 21.2. The van der Waals surface area contributed by atoms with E-state index in [1.165, 1.54) is 44.6 Å². The van der Waals surface area contributed by atoms with Crippen LogP contribution in [0.1, 0.15) is 29.3 Å². The van der Waals surface area contributed by atoms with Gasteiger partial charge in [0.2, 0.25) is 0 Å². The van der Waals surface area contributed by atoms with E-state index in [0.717, 1.165) is 4.90 Å². The Bertz CT molecular complexity index is 960. The lowest BCUT2D eigenvalue weighted by molar-refractivity contribution is -0.131. The highest BCUT2D eigenvalue weighted by Crippen LogP contribution is 2.33. The summed E-state index contributed by atoms with van der Waals surface area (Å²) in [7, 11) is 2.88. The molecule has 29 heavy (non-hydrogen) atoms. The summed E-state index contributed by atoms with van der Waals surface area (Å²) in [6.45, 7) is 1.27. The first-order chi connectivity index (χ1) is 13.9. The number of hydrogen-bond donors (Lipinski definition) is 1. The van der Waals surface area contributed by atoms with Crippen molar-refractivity contribution in [2.75, 3.05) is 20.8 Å². The Kier molecular flexibility index (Phi) is 5.54. The summed E-state index contributed by atoms with van der Waals surface area (Å²) >= 11 is 0. The summed E-state index contributed by atoms with van der Waals surface area (Å²) < 4.78 is 23.6. The lowest BCUT2D eigenvalue weighted by atomic mass is 9.87. The summed E-state index contributed by atoms with van der Waals surface area (Å²) in [6, 6.07) is 9.37. The first-order valence-corrected chi connectivity index (χ1v) is 9.01.